The minimum Gasteiger partial charge on any atom is -0.365 e. The van der Waals surface area contributed by atoms with E-state index in [-0.39, 0.29) is 0 Å². The summed E-state index contributed by atoms with van der Waals surface area (Å²) in [5, 5.41) is 0. The Hall–Kier alpha value is -0.980. The predicted molar refractivity (Wildman–Crippen MR) is 90.4 cm³/mol. The number of benzene rings is 1. The number of nitrogens with zero attached hydrogens (tertiary/aromatic N) is 1. The predicted octanol–water partition coefficient (Wildman–Crippen LogP) is 5.38. The molecule has 1 spiro atoms. The van der Waals surface area contributed by atoms with Crippen molar-refractivity contribution in [2.24, 2.45) is 0 Å². The first-order chi connectivity index (χ1) is 10.1. The van der Waals surface area contributed by atoms with E-state index in [9.17, 15) is 0 Å². The van der Waals surface area contributed by atoms with Crippen LogP contribution in [0.25, 0.3) is 0 Å². The van der Waals surface area contributed by atoms with Gasteiger partial charge in [0.2, 0.25) is 0 Å². The average Bonchev–Trinajstić information content (AvgIpc) is 2.84. The first-order valence-corrected chi connectivity index (χ1v) is 9.09. The summed E-state index contributed by atoms with van der Waals surface area (Å²) in [5.74, 6) is 1.46. The molecule has 0 bridgehead atoms. The lowest BCUT2D eigenvalue weighted by atomic mass is 9.70. The van der Waals surface area contributed by atoms with Crippen molar-refractivity contribution < 1.29 is 0 Å². The normalized spacial score (nSPS) is 29.8. The Bertz CT molecular complexity index is 553. The van der Waals surface area contributed by atoms with Crippen LogP contribution in [0.5, 0.6) is 0 Å². The van der Waals surface area contributed by atoms with Gasteiger partial charge < -0.3 is 4.90 Å². The van der Waals surface area contributed by atoms with Crippen LogP contribution >= 0.6 is 0 Å². The molecule has 1 nitrogen and oxygen atoms in total. The van der Waals surface area contributed by atoms with Crippen LogP contribution in [0, 0.1) is 0 Å². The molecule has 2 atom stereocenters. The summed E-state index contributed by atoms with van der Waals surface area (Å²) in [6.45, 7) is 8.48. The highest BCUT2D eigenvalue weighted by Crippen LogP contribution is 2.55. The van der Waals surface area contributed by atoms with E-state index in [1.165, 1.54) is 51.5 Å². The SMILES string of the molecule is CCc1cc2c3c(c1)C(C)CC1(CCCCC1)N3CC2C. The molecule has 0 radical (unpaired) electrons. The highest BCUT2D eigenvalue weighted by Gasteiger charge is 2.48. The van der Waals surface area contributed by atoms with Gasteiger partial charge in [-0.25, -0.2) is 0 Å². The fourth-order valence-electron chi connectivity index (χ4n) is 5.38. The van der Waals surface area contributed by atoms with E-state index in [0.29, 0.717) is 11.5 Å². The Labute approximate surface area is 129 Å². The molecule has 1 aromatic rings. The zero-order chi connectivity index (χ0) is 14.6. The molecule has 1 fully saturated rings. The fraction of sp³-hybridized carbons (Fsp3) is 0.700. The third kappa shape index (κ3) is 1.89. The van der Waals surface area contributed by atoms with Crippen LogP contribution in [-0.2, 0) is 6.42 Å². The smallest absolute Gasteiger partial charge is 0.0442 e. The van der Waals surface area contributed by atoms with Gasteiger partial charge in [0.25, 0.3) is 0 Å². The van der Waals surface area contributed by atoms with E-state index in [1.807, 2.05) is 0 Å². The van der Waals surface area contributed by atoms with E-state index in [4.69, 9.17) is 0 Å². The van der Waals surface area contributed by atoms with Crippen LogP contribution < -0.4 is 4.90 Å². The third-order valence-electron chi connectivity index (χ3n) is 6.47. The van der Waals surface area contributed by atoms with Gasteiger partial charge in [0.1, 0.15) is 0 Å². The Morgan fingerprint density at radius 1 is 1.05 bits per heavy atom. The van der Waals surface area contributed by atoms with Crippen molar-refractivity contribution >= 4 is 5.69 Å². The summed E-state index contributed by atoms with van der Waals surface area (Å²) < 4.78 is 0. The summed E-state index contributed by atoms with van der Waals surface area (Å²) in [6.07, 6.45) is 9.75. The summed E-state index contributed by atoms with van der Waals surface area (Å²) in [7, 11) is 0. The zero-order valence-corrected chi connectivity index (χ0v) is 13.9. The van der Waals surface area contributed by atoms with Gasteiger partial charge in [0.05, 0.1) is 0 Å². The molecule has 21 heavy (non-hydrogen) atoms. The Kier molecular flexibility index (Phi) is 3.10. The fourth-order valence-corrected chi connectivity index (χ4v) is 5.38. The molecule has 1 aromatic carbocycles. The second kappa shape index (κ2) is 4.76. The molecule has 2 aliphatic heterocycles. The molecule has 2 heterocycles. The summed E-state index contributed by atoms with van der Waals surface area (Å²) in [6, 6.07) is 5.03. The van der Waals surface area contributed by atoms with E-state index >= 15 is 0 Å². The van der Waals surface area contributed by atoms with E-state index < -0.39 is 0 Å². The molecule has 4 rings (SSSR count). The van der Waals surface area contributed by atoms with Gasteiger partial charge in [0.15, 0.2) is 0 Å². The maximum absolute atomic E-state index is 2.86. The Morgan fingerprint density at radius 2 is 1.71 bits per heavy atom. The summed E-state index contributed by atoms with van der Waals surface area (Å²) >= 11 is 0. The zero-order valence-electron chi connectivity index (χ0n) is 13.9. The van der Waals surface area contributed by atoms with Crippen molar-refractivity contribution in [1.82, 2.24) is 0 Å². The molecular weight excluding hydrogens is 254 g/mol. The number of hydrogen-bond acceptors (Lipinski definition) is 1. The molecule has 0 N–H and O–H groups in total. The molecule has 1 saturated carbocycles. The average molecular weight is 283 g/mol. The second-order valence-corrected chi connectivity index (χ2v) is 7.88. The molecular formula is C20H29N. The molecule has 1 aliphatic carbocycles. The van der Waals surface area contributed by atoms with E-state index in [0.717, 1.165) is 5.92 Å². The lowest BCUT2D eigenvalue weighted by Gasteiger charge is -2.52. The highest BCUT2D eigenvalue weighted by molar-refractivity contribution is 5.70. The van der Waals surface area contributed by atoms with Crippen LogP contribution in [0.4, 0.5) is 5.69 Å². The molecule has 0 aromatic heterocycles. The van der Waals surface area contributed by atoms with Crippen molar-refractivity contribution in [3.8, 4) is 0 Å². The van der Waals surface area contributed by atoms with E-state index in [1.54, 1.807) is 22.4 Å². The highest BCUT2D eigenvalue weighted by atomic mass is 15.2. The van der Waals surface area contributed by atoms with Crippen molar-refractivity contribution in [2.45, 2.75) is 83.1 Å². The van der Waals surface area contributed by atoms with Crippen molar-refractivity contribution in [1.29, 1.82) is 0 Å². The van der Waals surface area contributed by atoms with Crippen molar-refractivity contribution in [3.05, 3.63) is 28.8 Å². The van der Waals surface area contributed by atoms with Crippen molar-refractivity contribution in [3.63, 3.8) is 0 Å². The van der Waals surface area contributed by atoms with Crippen LogP contribution in [0.15, 0.2) is 12.1 Å². The van der Waals surface area contributed by atoms with Crippen molar-refractivity contribution in [2.75, 3.05) is 11.4 Å². The van der Waals surface area contributed by atoms with Gasteiger partial charge in [-0.3, -0.25) is 0 Å². The number of fused-ring (bicyclic) bond motifs is 1. The van der Waals surface area contributed by atoms with Gasteiger partial charge in [-0.15, -0.1) is 0 Å². The number of hydrogen-bond donors (Lipinski definition) is 0. The monoisotopic (exact) mass is 283 g/mol. The van der Waals surface area contributed by atoms with Gasteiger partial charge in [0, 0.05) is 23.7 Å². The molecule has 1 heteroatoms. The number of aryl methyl sites for hydroxylation is 1. The second-order valence-electron chi connectivity index (χ2n) is 7.88. The van der Waals surface area contributed by atoms with Crippen LogP contribution in [0.3, 0.4) is 0 Å². The number of rotatable bonds is 1. The summed E-state index contributed by atoms with van der Waals surface area (Å²) in [4.78, 5) is 2.86. The molecule has 0 amide bonds. The first kappa shape index (κ1) is 13.7. The van der Waals surface area contributed by atoms with Crippen LogP contribution in [0.1, 0.15) is 87.8 Å². The quantitative estimate of drug-likeness (QED) is 0.668. The maximum Gasteiger partial charge on any atom is 0.0442 e. The topological polar surface area (TPSA) is 3.24 Å². The number of anilines is 1. The summed E-state index contributed by atoms with van der Waals surface area (Å²) in [5.41, 5.74) is 7.01. The molecule has 2 unspecified atom stereocenters. The molecule has 3 aliphatic rings. The van der Waals surface area contributed by atoms with Gasteiger partial charge in [-0.2, -0.15) is 0 Å². The largest absolute Gasteiger partial charge is 0.365 e. The lowest BCUT2D eigenvalue weighted by molar-refractivity contribution is 0.236. The Morgan fingerprint density at radius 3 is 2.38 bits per heavy atom. The molecule has 0 saturated heterocycles. The maximum atomic E-state index is 2.86. The Balaban J connectivity index is 1.86. The third-order valence-corrected chi connectivity index (χ3v) is 6.47. The minimum absolute atomic E-state index is 0.498. The van der Waals surface area contributed by atoms with Gasteiger partial charge in [-0.1, -0.05) is 52.2 Å². The minimum atomic E-state index is 0.498. The standard InChI is InChI=1S/C20H29N/c1-4-16-10-17-14(2)12-20(8-6-5-7-9-20)21-13-15(3)18(11-16)19(17)21/h10-11,14-15H,4-9,12-13H2,1-3H3. The van der Waals surface area contributed by atoms with Crippen LogP contribution in [-0.4, -0.2) is 12.1 Å². The van der Waals surface area contributed by atoms with Gasteiger partial charge in [-0.05, 0) is 48.3 Å². The van der Waals surface area contributed by atoms with Crippen LogP contribution in [0.2, 0.25) is 0 Å². The first-order valence-electron chi connectivity index (χ1n) is 9.09. The van der Waals surface area contributed by atoms with Gasteiger partial charge >= 0.3 is 0 Å². The molecule has 114 valence electrons. The lowest BCUT2D eigenvalue weighted by Crippen LogP contribution is -2.53. The van der Waals surface area contributed by atoms with E-state index in [2.05, 4.69) is 37.8 Å².